The van der Waals surface area contributed by atoms with Crippen molar-refractivity contribution in [2.45, 2.75) is 39.7 Å². The maximum absolute atomic E-state index is 5.09. The van der Waals surface area contributed by atoms with E-state index >= 15 is 0 Å². The molecule has 0 atom stereocenters. The van der Waals surface area contributed by atoms with Crippen molar-refractivity contribution in [3.05, 3.63) is 21.9 Å². The Morgan fingerprint density at radius 3 is 2.67 bits per heavy atom. The van der Waals surface area contributed by atoms with E-state index in [-0.39, 0.29) is 0 Å². The van der Waals surface area contributed by atoms with Crippen LogP contribution in [0.25, 0.3) is 0 Å². The first-order valence-corrected chi connectivity index (χ1v) is 6.21. The average molecular weight is 274 g/mol. The second kappa shape index (κ2) is 5.71. The van der Waals surface area contributed by atoms with Gasteiger partial charge in [0.15, 0.2) is 0 Å². The van der Waals surface area contributed by atoms with Gasteiger partial charge < -0.3 is 9.30 Å². The molecule has 0 aliphatic rings. The summed E-state index contributed by atoms with van der Waals surface area (Å²) in [6.45, 7) is 8.48. The fraction of sp³-hybridized carbons (Fsp3) is 0.667. The molecule has 0 aliphatic carbocycles. The number of aryl methyl sites for hydroxylation is 1. The van der Waals surface area contributed by atoms with E-state index in [1.165, 1.54) is 15.9 Å². The molecule has 1 aromatic rings. The van der Waals surface area contributed by atoms with Crippen molar-refractivity contribution in [1.29, 1.82) is 0 Å². The van der Waals surface area contributed by atoms with Crippen LogP contribution in [-0.4, -0.2) is 18.3 Å². The zero-order valence-corrected chi connectivity index (χ0v) is 11.6. The molecule has 0 bridgehead atoms. The van der Waals surface area contributed by atoms with Gasteiger partial charge in [-0.05, 0) is 41.3 Å². The van der Waals surface area contributed by atoms with Crippen LogP contribution in [0.15, 0.2) is 10.5 Å². The van der Waals surface area contributed by atoms with Crippen LogP contribution in [-0.2, 0) is 11.3 Å². The predicted octanol–water partition coefficient (Wildman–Crippen LogP) is 3.72. The lowest BCUT2D eigenvalue weighted by Gasteiger charge is -2.14. The third kappa shape index (κ3) is 3.08. The third-order valence-corrected chi connectivity index (χ3v) is 3.21. The number of hydrogen-bond donors (Lipinski definition) is 0. The van der Waals surface area contributed by atoms with E-state index in [2.05, 4.69) is 47.3 Å². The Bertz CT molecular complexity index is 318. The highest BCUT2D eigenvalue weighted by molar-refractivity contribution is 9.10. The first-order chi connectivity index (χ1) is 7.07. The van der Waals surface area contributed by atoms with E-state index in [0.29, 0.717) is 5.92 Å². The number of hydrogen-bond acceptors (Lipinski definition) is 1. The minimum atomic E-state index is 0.551. The van der Waals surface area contributed by atoms with Crippen LogP contribution in [0.2, 0.25) is 0 Å². The fourth-order valence-electron chi connectivity index (χ4n) is 1.91. The van der Waals surface area contributed by atoms with Crippen molar-refractivity contribution in [3.63, 3.8) is 0 Å². The minimum Gasteiger partial charge on any atom is -0.385 e. The van der Waals surface area contributed by atoms with Crippen molar-refractivity contribution in [2.24, 2.45) is 0 Å². The highest BCUT2D eigenvalue weighted by atomic mass is 79.9. The number of nitrogens with zero attached hydrogens (tertiary/aromatic N) is 1. The number of rotatable bonds is 5. The Balaban J connectivity index is 2.84. The lowest BCUT2D eigenvalue weighted by molar-refractivity contribution is 0.189. The van der Waals surface area contributed by atoms with Gasteiger partial charge in [0.05, 0.1) is 0 Å². The van der Waals surface area contributed by atoms with Gasteiger partial charge in [0.1, 0.15) is 0 Å². The molecule has 1 heterocycles. The van der Waals surface area contributed by atoms with Crippen LogP contribution in [0.4, 0.5) is 0 Å². The summed E-state index contributed by atoms with van der Waals surface area (Å²) in [6, 6.07) is 2.20. The van der Waals surface area contributed by atoms with Gasteiger partial charge in [-0.1, -0.05) is 13.8 Å². The highest BCUT2D eigenvalue weighted by Gasteiger charge is 2.13. The lowest BCUT2D eigenvalue weighted by Crippen LogP contribution is -2.08. The molecule has 3 heteroatoms. The summed E-state index contributed by atoms with van der Waals surface area (Å²) in [4.78, 5) is 0. The molecule has 0 N–H and O–H groups in total. The molecule has 15 heavy (non-hydrogen) atoms. The van der Waals surface area contributed by atoms with Gasteiger partial charge in [0.2, 0.25) is 0 Å². The molecule has 0 radical (unpaired) electrons. The Kier molecular flexibility index (Phi) is 4.87. The molecule has 0 amide bonds. The first kappa shape index (κ1) is 12.8. The van der Waals surface area contributed by atoms with Gasteiger partial charge in [0, 0.05) is 36.1 Å². The molecule has 1 rings (SSSR count). The zero-order chi connectivity index (χ0) is 11.4. The summed E-state index contributed by atoms with van der Waals surface area (Å²) in [5.41, 5.74) is 2.71. The normalized spacial score (nSPS) is 11.3. The van der Waals surface area contributed by atoms with Crippen molar-refractivity contribution in [3.8, 4) is 0 Å². The van der Waals surface area contributed by atoms with Gasteiger partial charge in [0.25, 0.3) is 0 Å². The van der Waals surface area contributed by atoms with Gasteiger partial charge in [-0.2, -0.15) is 0 Å². The third-order valence-electron chi connectivity index (χ3n) is 2.57. The van der Waals surface area contributed by atoms with Crippen molar-refractivity contribution in [1.82, 2.24) is 4.57 Å². The molecular weight excluding hydrogens is 254 g/mol. The van der Waals surface area contributed by atoms with E-state index in [1.54, 1.807) is 7.11 Å². The van der Waals surface area contributed by atoms with Crippen LogP contribution < -0.4 is 0 Å². The fourth-order valence-corrected chi connectivity index (χ4v) is 2.91. The lowest BCUT2D eigenvalue weighted by atomic mass is 10.1. The molecule has 0 saturated heterocycles. The maximum Gasteiger partial charge on any atom is 0.0479 e. The molecule has 0 saturated carbocycles. The van der Waals surface area contributed by atoms with Gasteiger partial charge in [-0.3, -0.25) is 0 Å². The summed E-state index contributed by atoms with van der Waals surface area (Å²) in [7, 11) is 1.75. The number of halogens is 1. The number of methoxy groups -OCH3 is 1. The van der Waals surface area contributed by atoms with E-state index in [1.807, 2.05) is 0 Å². The second-order valence-electron chi connectivity index (χ2n) is 4.17. The smallest absolute Gasteiger partial charge is 0.0479 e. The second-order valence-corrected chi connectivity index (χ2v) is 5.03. The standard InChI is InChI=1S/C12H20BrNO/c1-9(2)12-11(13)8-10(3)14(12)6-5-7-15-4/h8-9H,5-7H2,1-4H3. The Labute approximate surface area is 101 Å². The Morgan fingerprint density at radius 1 is 1.47 bits per heavy atom. The molecule has 0 aliphatic heterocycles. The molecule has 0 aromatic carbocycles. The largest absolute Gasteiger partial charge is 0.385 e. The zero-order valence-electron chi connectivity index (χ0n) is 10.0. The van der Waals surface area contributed by atoms with Crippen LogP contribution >= 0.6 is 15.9 Å². The summed E-state index contributed by atoms with van der Waals surface area (Å²) >= 11 is 3.63. The maximum atomic E-state index is 5.09. The van der Waals surface area contributed by atoms with Gasteiger partial charge in [-0.15, -0.1) is 0 Å². The van der Waals surface area contributed by atoms with E-state index in [0.717, 1.165) is 19.6 Å². The molecule has 86 valence electrons. The number of aromatic nitrogens is 1. The van der Waals surface area contributed by atoms with Crippen LogP contribution in [0.3, 0.4) is 0 Å². The number of ether oxygens (including phenoxy) is 1. The average Bonchev–Trinajstić information content (AvgIpc) is 2.42. The monoisotopic (exact) mass is 273 g/mol. The van der Waals surface area contributed by atoms with Crippen molar-refractivity contribution in [2.75, 3.05) is 13.7 Å². The molecule has 2 nitrogen and oxygen atoms in total. The topological polar surface area (TPSA) is 14.2 Å². The highest BCUT2D eigenvalue weighted by Crippen LogP contribution is 2.28. The van der Waals surface area contributed by atoms with E-state index in [4.69, 9.17) is 4.74 Å². The van der Waals surface area contributed by atoms with Crippen LogP contribution in [0.5, 0.6) is 0 Å². The summed E-state index contributed by atoms with van der Waals surface area (Å²) < 4.78 is 8.70. The predicted molar refractivity (Wildman–Crippen MR) is 67.5 cm³/mol. The van der Waals surface area contributed by atoms with Gasteiger partial charge >= 0.3 is 0 Å². The quantitative estimate of drug-likeness (QED) is 0.746. The Morgan fingerprint density at radius 2 is 2.13 bits per heavy atom. The van der Waals surface area contributed by atoms with E-state index < -0.39 is 0 Å². The molecule has 0 unspecified atom stereocenters. The first-order valence-electron chi connectivity index (χ1n) is 5.42. The Hall–Kier alpha value is -0.280. The van der Waals surface area contributed by atoms with Crippen molar-refractivity contribution >= 4 is 15.9 Å². The van der Waals surface area contributed by atoms with Gasteiger partial charge in [-0.25, -0.2) is 0 Å². The summed E-state index contributed by atoms with van der Waals surface area (Å²) in [5.74, 6) is 0.551. The van der Waals surface area contributed by atoms with Crippen molar-refractivity contribution < 1.29 is 4.74 Å². The molecule has 0 spiro atoms. The summed E-state index contributed by atoms with van der Waals surface area (Å²) in [5, 5.41) is 0. The summed E-state index contributed by atoms with van der Waals surface area (Å²) in [6.07, 6.45) is 1.07. The van der Waals surface area contributed by atoms with E-state index in [9.17, 15) is 0 Å². The van der Waals surface area contributed by atoms with Crippen LogP contribution in [0.1, 0.15) is 37.6 Å². The molecule has 1 aromatic heterocycles. The molecule has 0 fully saturated rings. The van der Waals surface area contributed by atoms with Crippen LogP contribution in [0, 0.1) is 6.92 Å². The molecular formula is C12H20BrNO. The SMILES string of the molecule is COCCCn1c(C)cc(Br)c1C(C)C. The minimum absolute atomic E-state index is 0.551.